The van der Waals surface area contributed by atoms with E-state index in [-0.39, 0.29) is 4.90 Å². The Labute approximate surface area is 148 Å². The highest BCUT2D eigenvalue weighted by molar-refractivity contribution is 7.89. The van der Waals surface area contributed by atoms with Crippen LogP contribution in [0.3, 0.4) is 0 Å². The molecular weight excluding hydrogens is 373 g/mol. The molecule has 26 heavy (non-hydrogen) atoms. The molecular formula is C16H17F3N2O4S. The van der Waals surface area contributed by atoms with Gasteiger partial charge in [-0.15, -0.1) is 0 Å². The predicted octanol–water partition coefficient (Wildman–Crippen LogP) is 3.30. The van der Waals surface area contributed by atoms with Crippen molar-refractivity contribution in [3.05, 3.63) is 46.9 Å². The van der Waals surface area contributed by atoms with Crippen LogP contribution in [0, 0.1) is 20.8 Å². The van der Waals surface area contributed by atoms with E-state index in [4.69, 9.17) is 4.42 Å². The molecule has 1 heterocycles. The lowest BCUT2D eigenvalue weighted by molar-refractivity contribution is -0.121. The van der Waals surface area contributed by atoms with Gasteiger partial charge in [0.1, 0.15) is 18.1 Å². The third-order valence-electron chi connectivity index (χ3n) is 3.67. The third-order valence-corrected chi connectivity index (χ3v) is 5.09. The number of halogens is 3. The van der Waals surface area contributed by atoms with Gasteiger partial charge in [-0.1, -0.05) is 0 Å². The van der Waals surface area contributed by atoms with E-state index in [0.29, 0.717) is 28.3 Å². The Morgan fingerprint density at radius 3 is 2.12 bits per heavy atom. The Hall–Kier alpha value is -2.33. The van der Waals surface area contributed by atoms with Crippen molar-refractivity contribution in [1.82, 2.24) is 4.72 Å². The van der Waals surface area contributed by atoms with Crippen molar-refractivity contribution in [2.24, 2.45) is 0 Å². The number of hydrogen-bond donors (Lipinski definition) is 2. The number of benzene rings is 1. The molecule has 2 aromatic rings. The minimum atomic E-state index is -4.65. The van der Waals surface area contributed by atoms with E-state index >= 15 is 0 Å². The lowest BCUT2D eigenvalue weighted by Gasteiger charge is -2.10. The van der Waals surface area contributed by atoms with Crippen LogP contribution in [0.1, 0.15) is 27.4 Å². The summed E-state index contributed by atoms with van der Waals surface area (Å²) in [6.07, 6.45) is -4.65. The molecule has 0 bridgehead atoms. The minimum Gasteiger partial charge on any atom is -0.466 e. The summed E-state index contributed by atoms with van der Waals surface area (Å²) in [6.45, 7) is 3.46. The van der Waals surface area contributed by atoms with E-state index in [2.05, 4.69) is 5.32 Å². The maximum atomic E-state index is 12.3. The van der Waals surface area contributed by atoms with E-state index in [1.165, 1.54) is 16.9 Å². The average molecular weight is 390 g/mol. The van der Waals surface area contributed by atoms with Crippen molar-refractivity contribution < 1.29 is 30.8 Å². The number of rotatable bonds is 5. The SMILES string of the molecule is Cc1oc(C)c(C(=O)Nc2ccc(S(=O)(=O)NCC(F)(F)F)cc2)c1C. The molecule has 0 aliphatic rings. The maximum absolute atomic E-state index is 12.3. The van der Waals surface area contributed by atoms with Crippen molar-refractivity contribution in [2.75, 3.05) is 11.9 Å². The van der Waals surface area contributed by atoms with Gasteiger partial charge in [-0.3, -0.25) is 4.79 Å². The van der Waals surface area contributed by atoms with Gasteiger partial charge >= 0.3 is 6.18 Å². The number of furan rings is 1. The fourth-order valence-corrected chi connectivity index (χ4v) is 3.31. The van der Waals surface area contributed by atoms with E-state index < -0.39 is 28.7 Å². The van der Waals surface area contributed by atoms with Gasteiger partial charge < -0.3 is 9.73 Å². The molecule has 0 aliphatic heterocycles. The maximum Gasteiger partial charge on any atom is 0.402 e. The van der Waals surface area contributed by atoms with Crippen molar-refractivity contribution in [2.45, 2.75) is 31.8 Å². The van der Waals surface area contributed by atoms with Crippen LogP contribution < -0.4 is 10.0 Å². The highest BCUT2D eigenvalue weighted by Gasteiger charge is 2.30. The first-order valence-electron chi connectivity index (χ1n) is 7.45. The largest absolute Gasteiger partial charge is 0.466 e. The van der Waals surface area contributed by atoms with E-state index in [1.807, 2.05) is 0 Å². The first-order chi connectivity index (χ1) is 11.9. The van der Waals surface area contributed by atoms with E-state index in [0.717, 1.165) is 12.1 Å². The second kappa shape index (κ2) is 7.12. The number of alkyl halides is 3. The molecule has 6 nitrogen and oxygen atoms in total. The smallest absolute Gasteiger partial charge is 0.402 e. The highest BCUT2D eigenvalue weighted by atomic mass is 32.2. The summed E-state index contributed by atoms with van der Waals surface area (Å²) in [7, 11) is -4.30. The summed E-state index contributed by atoms with van der Waals surface area (Å²) < 4.78 is 66.9. The van der Waals surface area contributed by atoms with Crippen LogP contribution in [0.25, 0.3) is 0 Å². The molecule has 142 valence electrons. The van der Waals surface area contributed by atoms with Gasteiger partial charge in [0.2, 0.25) is 10.0 Å². The van der Waals surface area contributed by atoms with Crippen molar-refractivity contribution in [1.29, 1.82) is 0 Å². The van der Waals surface area contributed by atoms with Gasteiger partial charge in [0.15, 0.2) is 0 Å². The quantitative estimate of drug-likeness (QED) is 0.820. The Balaban J connectivity index is 2.13. The molecule has 0 saturated carbocycles. The van der Waals surface area contributed by atoms with Crippen LogP contribution in [0.5, 0.6) is 0 Å². The topological polar surface area (TPSA) is 88.4 Å². The zero-order valence-electron chi connectivity index (χ0n) is 14.2. The summed E-state index contributed by atoms with van der Waals surface area (Å²) >= 11 is 0. The van der Waals surface area contributed by atoms with Crippen molar-refractivity contribution >= 4 is 21.6 Å². The summed E-state index contributed by atoms with van der Waals surface area (Å²) in [5, 5.41) is 2.59. The fraction of sp³-hybridized carbons (Fsp3) is 0.312. The normalized spacial score (nSPS) is 12.2. The molecule has 0 radical (unpaired) electrons. The predicted molar refractivity (Wildman–Crippen MR) is 88.6 cm³/mol. The van der Waals surface area contributed by atoms with Crippen LogP contribution in [0.2, 0.25) is 0 Å². The second-order valence-electron chi connectivity index (χ2n) is 5.63. The number of hydrogen-bond acceptors (Lipinski definition) is 4. The van der Waals surface area contributed by atoms with Crippen LogP contribution in [-0.2, 0) is 10.0 Å². The molecule has 0 aliphatic carbocycles. The molecule has 10 heteroatoms. The molecule has 1 aromatic heterocycles. The summed E-state index contributed by atoms with van der Waals surface area (Å²) in [5.74, 6) is 0.639. The molecule has 0 spiro atoms. The highest BCUT2D eigenvalue weighted by Crippen LogP contribution is 2.23. The number of nitrogens with one attached hydrogen (secondary N) is 2. The summed E-state index contributed by atoms with van der Waals surface area (Å²) in [4.78, 5) is 12.0. The molecule has 1 amide bonds. The average Bonchev–Trinajstić information content (AvgIpc) is 2.78. The Bertz CT molecular complexity index is 916. The van der Waals surface area contributed by atoms with Gasteiger partial charge in [0, 0.05) is 11.3 Å². The zero-order chi connectivity index (χ0) is 19.7. The lowest BCUT2D eigenvalue weighted by atomic mass is 10.1. The number of carbonyl (C=O) groups excluding carboxylic acids is 1. The molecule has 2 rings (SSSR count). The summed E-state index contributed by atoms with van der Waals surface area (Å²) in [5.41, 5.74) is 1.36. The Kier molecular flexibility index (Phi) is 5.47. The fourth-order valence-electron chi connectivity index (χ4n) is 2.30. The standard InChI is InChI=1S/C16H17F3N2O4S/c1-9-10(2)25-11(3)14(9)15(22)21-12-4-6-13(7-5-12)26(23,24)20-8-16(17,18)19/h4-7,20H,8H2,1-3H3,(H,21,22). The van der Waals surface area contributed by atoms with Gasteiger partial charge in [0.05, 0.1) is 10.5 Å². The number of aryl methyl sites for hydroxylation is 2. The van der Waals surface area contributed by atoms with Gasteiger partial charge in [0.25, 0.3) is 5.91 Å². The molecule has 2 N–H and O–H groups in total. The van der Waals surface area contributed by atoms with E-state index in [9.17, 15) is 26.4 Å². The first-order valence-corrected chi connectivity index (χ1v) is 8.93. The van der Waals surface area contributed by atoms with Crippen molar-refractivity contribution in [3.8, 4) is 0 Å². The Morgan fingerprint density at radius 2 is 1.65 bits per heavy atom. The van der Waals surface area contributed by atoms with Crippen LogP contribution in [0.15, 0.2) is 33.6 Å². The first kappa shape index (κ1) is 20.0. The zero-order valence-corrected chi connectivity index (χ0v) is 15.0. The van der Waals surface area contributed by atoms with Crippen molar-refractivity contribution in [3.63, 3.8) is 0 Å². The molecule has 0 unspecified atom stereocenters. The van der Waals surface area contributed by atoms with E-state index in [1.54, 1.807) is 20.8 Å². The van der Waals surface area contributed by atoms with Crippen LogP contribution in [0.4, 0.5) is 18.9 Å². The van der Waals surface area contributed by atoms with Crippen LogP contribution in [-0.4, -0.2) is 27.0 Å². The monoisotopic (exact) mass is 390 g/mol. The number of carbonyl (C=O) groups is 1. The second-order valence-corrected chi connectivity index (χ2v) is 7.40. The van der Waals surface area contributed by atoms with Gasteiger partial charge in [-0.2, -0.15) is 13.2 Å². The Morgan fingerprint density at radius 1 is 1.08 bits per heavy atom. The molecule has 0 saturated heterocycles. The van der Waals surface area contributed by atoms with Gasteiger partial charge in [-0.05, 0) is 45.0 Å². The third kappa shape index (κ3) is 4.64. The molecule has 0 atom stereocenters. The minimum absolute atomic E-state index is 0.294. The molecule has 1 aromatic carbocycles. The summed E-state index contributed by atoms with van der Waals surface area (Å²) in [6, 6.07) is 4.79. The van der Waals surface area contributed by atoms with Crippen LogP contribution >= 0.6 is 0 Å². The van der Waals surface area contributed by atoms with Gasteiger partial charge in [-0.25, -0.2) is 13.1 Å². The number of sulfonamides is 1. The number of amides is 1. The molecule has 0 fully saturated rings. The number of anilines is 1. The lowest BCUT2D eigenvalue weighted by Crippen LogP contribution is -2.33.